The summed E-state index contributed by atoms with van der Waals surface area (Å²) in [5.74, 6) is 0.0264. The van der Waals surface area contributed by atoms with Gasteiger partial charge in [-0.3, -0.25) is 4.79 Å². The van der Waals surface area contributed by atoms with Crippen LogP contribution in [-0.4, -0.2) is 44.2 Å². The minimum Gasteiger partial charge on any atom is -0.380 e. The number of nitrogens with zero attached hydrogens (tertiary/aromatic N) is 1. The molecule has 18 heavy (non-hydrogen) atoms. The first-order valence-electron chi connectivity index (χ1n) is 6.33. The highest BCUT2D eigenvalue weighted by Gasteiger charge is 2.14. The van der Waals surface area contributed by atoms with E-state index in [1.54, 1.807) is 19.0 Å². The third kappa shape index (κ3) is 3.23. The zero-order valence-corrected chi connectivity index (χ0v) is 11.0. The van der Waals surface area contributed by atoms with Crippen LogP contribution < -0.4 is 5.32 Å². The van der Waals surface area contributed by atoms with E-state index >= 15 is 0 Å². The van der Waals surface area contributed by atoms with Gasteiger partial charge in [-0.2, -0.15) is 0 Å². The summed E-state index contributed by atoms with van der Waals surface area (Å²) in [4.78, 5) is 13.4. The van der Waals surface area contributed by atoms with E-state index in [-0.39, 0.29) is 5.91 Å². The van der Waals surface area contributed by atoms with Crippen molar-refractivity contribution in [2.45, 2.75) is 18.9 Å². The molecule has 1 aliphatic heterocycles. The lowest BCUT2D eigenvalue weighted by Gasteiger charge is -2.24. The number of nitrogens with one attached hydrogen (secondary N) is 1. The molecule has 4 heteroatoms. The second-order valence-corrected chi connectivity index (χ2v) is 4.84. The summed E-state index contributed by atoms with van der Waals surface area (Å²) in [5, 5.41) is 3.42. The topological polar surface area (TPSA) is 41.6 Å². The predicted octanol–water partition coefficient (Wildman–Crippen LogP) is 1.98. The fraction of sp³-hybridized carbons (Fsp3) is 0.500. The molecule has 1 aromatic carbocycles. The molecule has 0 aromatic heterocycles. The summed E-state index contributed by atoms with van der Waals surface area (Å²) in [6.45, 7) is 1.60. The zero-order chi connectivity index (χ0) is 13.0. The zero-order valence-electron chi connectivity index (χ0n) is 11.0. The average molecular weight is 248 g/mol. The molecule has 0 saturated carbocycles. The highest BCUT2D eigenvalue weighted by molar-refractivity contribution is 5.94. The standard InChI is InChI=1S/C14H20N2O2/c1-16(2)14(17)11-5-3-6-12(9-11)15-13-7-4-8-18-10-13/h3,5-6,9,13,15H,4,7-8,10H2,1-2H3. The maximum atomic E-state index is 11.9. The van der Waals surface area contributed by atoms with Crippen molar-refractivity contribution in [1.29, 1.82) is 0 Å². The van der Waals surface area contributed by atoms with Crippen molar-refractivity contribution in [3.63, 3.8) is 0 Å². The van der Waals surface area contributed by atoms with Gasteiger partial charge in [0.25, 0.3) is 5.91 Å². The second kappa shape index (κ2) is 5.87. The van der Waals surface area contributed by atoms with Crippen molar-refractivity contribution >= 4 is 11.6 Å². The van der Waals surface area contributed by atoms with Gasteiger partial charge in [0.05, 0.1) is 6.61 Å². The Morgan fingerprint density at radius 1 is 1.44 bits per heavy atom. The summed E-state index contributed by atoms with van der Waals surface area (Å²) in [6, 6.07) is 7.98. The Labute approximate surface area is 108 Å². The highest BCUT2D eigenvalue weighted by Crippen LogP contribution is 2.16. The number of rotatable bonds is 3. The molecule has 0 bridgehead atoms. The van der Waals surface area contributed by atoms with Crippen LogP contribution in [0.4, 0.5) is 5.69 Å². The number of hydrogen-bond donors (Lipinski definition) is 1. The summed E-state index contributed by atoms with van der Waals surface area (Å²) < 4.78 is 5.43. The van der Waals surface area contributed by atoms with Crippen LogP contribution in [0.3, 0.4) is 0 Å². The molecule has 4 nitrogen and oxygen atoms in total. The second-order valence-electron chi connectivity index (χ2n) is 4.84. The normalized spacial score (nSPS) is 19.3. The van der Waals surface area contributed by atoms with Crippen LogP contribution in [0.15, 0.2) is 24.3 Å². The van der Waals surface area contributed by atoms with Crippen molar-refractivity contribution in [2.24, 2.45) is 0 Å². The molecular weight excluding hydrogens is 228 g/mol. The molecule has 1 fully saturated rings. The lowest BCUT2D eigenvalue weighted by Crippen LogP contribution is -2.30. The average Bonchev–Trinajstić information content (AvgIpc) is 2.39. The number of hydrogen-bond acceptors (Lipinski definition) is 3. The molecule has 2 rings (SSSR count). The molecule has 1 aromatic rings. The highest BCUT2D eigenvalue weighted by atomic mass is 16.5. The van der Waals surface area contributed by atoms with E-state index in [0.29, 0.717) is 11.6 Å². The maximum absolute atomic E-state index is 11.9. The Hall–Kier alpha value is -1.55. The van der Waals surface area contributed by atoms with Crippen molar-refractivity contribution < 1.29 is 9.53 Å². The number of carbonyl (C=O) groups is 1. The fourth-order valence-corrected chi connectivity index (χ4v) is 2.09. The molecule has 1 N–H and O–H groups in total. The Morgan fingerprint density at radius 2 is 2.28 bits per heavy atom. The monoisotopic (exact) mass is 248 g/mol. The van der Waals surface area contributed by atoms with Crippen LogP contribution in [0, 0.1) is 0 Å². The number of amides is 1. The molecule has 1 saturated heterocycles. The van der Waals surface area contributed by atoms with E-state index < -0.39 is 0 Å². The first-order chi connectivity index (χ1) is 8.66. The van der Waals surface area contributed by atoms with E-state index in [2.05, 4.69) is 5.32 Å². The van der Waals surface area contributed by atoms with E-state index in [9.17, 15) is 4.79 Å². The van der Waals surface area contributed by atoms with Gasteiger partial charge in [-0.05, 0) is 31.0 Å². The predicted molar refractivity (Wildman–Crippen MR) is 71.9 cm³/mol. The van der Waals surface area contributed by atoms with E-state index in [1.165, 1.54) is 0 Å². The molecule has 1 atom stereocenters. The lowest BCUT2D eigenvalue weighted by molar-refractivity contribution is 0.0827. The van der Waals surface area contributed by atoms with Gasteiger partial charge in [0.1, 0.15) is 0 Å². The minimum absolute atomic E-state index is 0.0264. The van der Waals surface area contributed by atoms with Gasteiger partial charge in [0.15, 0.2) is 0 Å². The SMILES string of the molecule is CN(C)C(=O)c1cccc(NC2CCCOC2)c1. The van der Waals surface area contributed by atoms with Crippen molar-refractivity contribution in [2.75, 3.05) is 32.6 Å². The molecule has 1 unspecified atom stereocenters. The third-order valence-corrected chi connectivity index (χ3v) is 3.05. The van der Waals surface area contributed by atoms with Crippen LogP contribution in [0.25, 0.3) is 0 Å². The van der Waals surface area contributed by atoms with Crippen molar-refractivity contribution in [3.05, 3.63) is 29.8 Å². The third-order valence-electron chi connectivity index (χ3n) is 3.05. The molecule has 1 aliphatic rings. The number of benzene rings is 1. The molecule has 1 heterocycles. The summed E-state index contributed by atoms with van der Waals surface area (Å²) in [6.07, 6.45) is 2.21. The first kappa shape index (κ1) is 12.9. The Kier molecular flexibility index (Phi) is 4.20. The summed E-state index contributed by atoms with van der Waals surface area (Å²) >= 11 is 0. The van der Waals surface area contributed by atoms with Gasteiger partial charge < -0.3 is 15.0 Å². The maximum Gasteiger partial charge on any atom is 0.253 e. The van der Waals surface area contributed by atoms with Crippen LogP contribution in [-0.2, 0) is 4.74 Å². The van der Waals surface area contributed by atoms with Gasteiger partial charge in [-0.15, -0.1) is 0 Å². The quantitative estimate of drug-likeness (QED) is 0.889. The molecule has 0 radical (unpaired) electrons. The summed E-state index contributed by atoms with van der Waals surface area (Å²) in [7, 11) is 3.52. The Bertz CT molecular complexity index is 412. The minimum atomic E-state index is 0.0264. The molecule has 0 aliphatic carbocycles. The van der Waals surface area contributed by atoms with Crippen molar-refractivity contribution in [3.8, 4) is 0 Å². The lowest BCUT2D eigenvalue weighted by atomic mass is 10.1. The van der Waals surface area contributed by atoms with E-state index in [1.807, 2.05) is 24.3 Å². The van der Waals surface area contributed by atoms with Crippen LogP contribution in [0.2, 0.25) is 0 Å². The van der Waals surface area contributed by atoms with E-state index in [4.69, 9.17) is 4.74 Å². The van der Waals surface area contributed by atoms with Gasteiger partial charge >= 0.3 is 0 Å². The van der Waals surface area contributed by atoms with Crippen LogP contribution in [0.5, 0.6) is 0 Å². The van der Waals surface area contributed by atoms with Gasteiger partial charge in [-0.1, -0.05) is 6.07 Å². The Morgan fingerprint density at radius 3 is 2.94 bits per heavy atom. The van der Waals surface area contributed by atoms with E-state index in [0.717, 1.165) is 31.7 Å². The molecular formula is C14H20N2O2. The number of anilines is 1. The van der Waals surface area contributed by atoms with Gasteiger partial charge in [0, 0.05) is 38.0 Å². The number of carbonyl (C=O) groups excluding carboxylic acids is 1. The molecule has 0 spiro atoms. The van der Waals surface area contributed by atoms with Crippen molar-refractivity contribution in [1.82, 2.24) is 4.90 Å². The smallest absolute Gasteiger partial charge is 0.253 e. The Balaban J connectivity index is 2.04. The van der Waals surface area contributed by atoms with Crippen LogP contribution in [0.1, 0.15) is 23.2 Å². The van der Waals surface area contributed by atoms with Gasteiger partial charge in [0.2, 0.25) is 0 Å². The molecule has 98 valence electrons. The summed E-state index contributed by atoms with van der Waals surface area (Å²) in [5.41, 5.74) is 1.69. The van der Waals surface area contributed by atoms with Crippen LogP contribution >= 0.6 is 0 Å². The number of ether oxygens (including phenoxy) is 1. The molecule has 1 amide bonds. The van der Waals surface area contributed by atoms with Gasteiger partial charge in [-0.25, -0.2) is 0 Å². The fourth-order valence-electron chi connectivity index (χ4n) is 2.09. The first-order valence-corrected chi connectivity index (χ1v) is 6.33. The largest absolute Gasteiger partial charge is 0.380 e.